The van der Waals surface area contributed by atoms with Gasteiger partial charge in [-0.25, -0.2) is 0 Å². The lowest BCUT2D eigenvalue weighted by Crippen LogP contribution is -2.43. The van der Waals surface area contributed by atoms with Crippen molar-refractivity contribution in [2.45, 2.75) is 29.0 Å². The number of carbonyl (C=O) groups excluding carboxylic acids is 3. The van der Waals surface area contributed by atoms with Gasteiger partial charge < -0.3 is 19.7 Å². The van der Waals surface area contributed by atoms with Crippen LogP contribution in [-0.4, -0.2) is 75.7 Å². The molecule has 1 aromatic carbocycles. The molecule has 2 aliphatic carbocycles. The molecule has 7 atom stereocenters. The second-order valence-electron chi connectivity index (χ2n) is 10.6. The maximum atomic E-state index is 13.7. The van der Waals surface area contributed by atoms with Crippen LogP contribution < -0.4 is 4.87 Å². The third kappa shape index (κ3) is 3.46. The molecule has 5 aliphatic rings. The first kappa shape index (κ1) is 23.5. The normalized spacial score (nSPS) is 34.0. The number of ether oxygens (including phenoxy) is 1. The lowest BCUT2D eigenvalue weighted by molar-refractivity contribution is -0.142. The number of imide groups is 1. The zero-order chi connectivity index (χ0) is 25.4. The first-order chi connectivity index (χ1) is 17.9. The highest BCUT2D eigenvalue weighted by Gasteiger charge is 2.69. The Labute approximate surface area is 221 Å². The number of aromatic hydroxyl groups is 1. The van der Waals surface area contributed by atoms with E-state index in [0.717, 1.165) is 21.9 Å². The fraction of sp³-hybridized carbons (Fsp3) is 0.538. The largest absolute Gasteiger partial charge is 0.508 e. The Morgan fingerprint density at radius 2 is 1.81 bits per heavy atom. The number of phenols is 1. The van der Waals surface area contributed by atoms with Gasteiger partial charge in [-0.05, 0) is 30.2 Å². The molecule has 2 saturated heterocycles. The molecule has 7 unspecified atom stereocenters. The van der Waals surface area contributed by atoms with Crippen molar-refractivity contribution < 1.29 is 24.2 Å². The Hall–Kier alpha value is -2.63. The summed E-state index contributed by atoms with van der Waals surface area (Å²) in [5, 5.41) is 11.7. The molecule has 9 nitrogen and oxygen atoms in total. The fourth-order valence-corrected chi connectivity index (χ4v) is 10.5. The van der Waals surface area contributed by atoms with Crippen molar-refractivity contribution >= 4 is 40.8 Å². The average molecular weight is 542 g/mol. The summed E-state index contributed by atoms with van der Waals surface area (Å²) in [5.74, 6) is -1.13. The number of thiazole rings is 1. The van der Waals surface area contributed by atoms with Crippen LogP contribution >= 0.6 is 23.1 Å². The van der Waals surface area contributed by atoms with Crippen LogP contribution in [0.25, 0.3) is 0 Å². The number of benzene rings is 1. The molecular formula is C26H27N3O6S2. The molecule has 2 bridgehead atoms. The van der Waals surface area contributed by atoms with Gasteiger partial charge in [0.2, 0.25) is 17.7 Å². The number of aromatic nitrogens is 1. The highest BCUT2D eigenvalue weighted by atomic mass is 32.2. The Bertz CT molecular complexity index is 1350. The van der Waals surface area contributed by atoms with E-state index in [2.05, 4.69) is 4.98 Å². The first-order valence-corrected chi connectivity index (χ1v) is 14.5. The van der Waals surface area contributed by atoms with Crippen molar-refractivity contribution in [3.63, 3.8) is 0 Å². The maximum absolute atomic E-state index is 13.7. The van der Waals surface area contributed by atoms with E-state index in [4.69, 9.17) is 4.74 Å². The summed E-state index contributed by atoms with van der Waals surface area (Å²) in [4.78, 5) is 59.1. The quantitative estimate of drug-likeness (QED) is 0.567. The van der Waals surface area contributed by atoms with Gasteiger partial charge in [0.25, 0.3) is 0 Å². The van der Waals surface area contributed by atoms with Gasteiger partial charge in [0, 0.05) is 47.7 Å². The topological polar surface area (TPSA) is 120 Å². The van der Waals surface area contributed by atoms with Crippen molar-refractivity contribution in [3.8, 4) is 5.75 Å². The number of nitrogens with one attached hydrogen (secondary N) is 1. The highest BCUT2D eigenvalue weighted by molar-refractivity contribution is 8.00. The zero-order valence-corrected chi connectivity index (χ0v) is 21.6. The molecule has 1 aromatic heterocycles. The summed E-state index contributed by atoms with van der Waals surface area (Å²) in [6, 6.07) is 7.22. The summed E-state index contributed by atoms with van der Waals surface area (Å²) < 4.78 is 5.31. The van der Waals surface area contributed by atoms with Crippen LogP contribution in [0.2, 0.25) is 0 Å². The molecule has 37 heavy (non-hydrogen) atoms. The standard InChI is InChI=1S/C26H27N3O6S2/c30-15-4-2-1-3-12(15)17-18-13-11-14(21(18)36-23-22(17)37-26(34)27-23)20-19(13)24(32)29(25(20)33)6-5-16(31)28-7-9-35-10-8-28/h1-4,13-14,17-21,30H,5-11H2,(H,27,34). The Balaban J connectivity index is 1.18. The number of amides is 3. The average Bonchev–Trinajstić information content (AvgIpc) is 3.63. The summed E-state index contributed by atoms with van der Waals surface area (Å²) in [5.41, 5.74) is 0.767. The molecule has 2 N–H and O–H groups in total. The number of nitrogens with zero attached hydrogens (tertiary/aromatic N) is 2. The Kier molecular flexibility index (Phi) is 5.53. The first-order valence-electron chi connectivity index (χ1n) is 12.8. The van der Waals surface area contributed by atoms with Crippen molar-refractivity contribution in [1.29, 1.82) is 0 Å². The SMILES string of the molecule is O=C(CCN1C(=O)C2C3CC(C2C1=O)C1C(c2ccccc2O)c2sc(=O)[nH]c2SC31)N1CCOCC1. The second-order valence-corrected chi connectivity index (χ2v) is 12.8. The van der Waals surface area contributed by atoms with Gasteiger partial charge in [0.15, 0.2) is 0 Å². The van der Waals surface area contributed by atoms with Crippen molar-refractivity contribution in [2.24, 2.45) is 29.6 Å². The van der Waals surface area contributed by atoms with E-state index in [-0.39, 0.29) is 76.1 Å². The minimum Gasteiger partial charge on any atom is -0.508 e. The van der Waals surface area contributed by atoms with Crippen LogP contribution in [0, 0.1) is 29.6 Å². The lowest BCUT2D eigenvalue weighted by atomic mass is 9.68. The van der Waals surface area contributed by atoms with Gasteiger partial charge in [0.05, 0.1) is 30.1 Å². The van der Waals surface area contributed by atoms with Crippen LogP contribution in [0.15, 0.2) is 34.1 Å². The monoisotopic (exact) mass is 541 g/mol. The van der Waals surface area contributed by atoms with Gasteiger partial charge in [-0.2, -0.15) is 0 Å². The number of aromatic amines is 1. The summed E-state index contributed by atoms with van der Waals surface area (Å²) >= 11 is 2.80. The molecule has 194 valence electrons. The van der Waals surface area contributed by atoms with E-state index in [0.29, 0.717) is 26.3 Å². The minimum atomic E-state index is -0.400. The molecule has 4 fully saturated rings. The van der Waals surface area contributed by atoms with Crippen molar-refractivity contribution in [1.82, 2.24) is 14.8 Å². The number of rotatable bonds is 4. The van der Waals surface area contributed by atoms with Crippen LogP contribution in [0.1, 0.15) is 29.2 Å². The number of morpholine rings is 1. The zero-order valence-electron chi connectivity index (χ0n) is 20.0. The second kappa shape index (κ2) is 8.71. The molecule has 3 amide bonds. The number of phenolic OH excluding ortho intramolecular Hbond substituents is 1. The van der Waals surface area contributed by atoms with Crippen LogP contribution in [0.3, 0.4) is 0 Å². The summed E-state index contributed by atoms with van der Waals surface area (Å²) in [6.45, 7) is 2.21. The van der Waals surface area contributed by atoms with Crippen LogP contribution in [0.4, 0.5) is 0 Å². The van der Waals surface area contributed by atoms with E-state index < -0.39 is 5.92 Å². The summed E-state index contributed by atoms with van der Waals surface area (Å²) in [7, 11) is 0. The minimum absolute atomic E-state index is 0.0150. The smallest absolute Gasteiger partial charge is 0.305 e. The molecule has 0 radical (unpaired) electrons. The molecular weight excluding hydrogens is 514 g/mol. The maximum Gasteiger partial charge on any atom is 0.305 e. The number of hydrogen-bond acceptors (Lipinski definition) is 8. The van der Waals surface area contributed by atoms with Gasteiger partial charge in [-0.1, -0.05) is 29.5 Å². The third-order valence-electron chi connectivity index (χ3n) is 9.00. The van der Waals surface area contributed by atoms with Gasteiger partial charge in [-0.3, -0.25) is 24.1 Å². The molecule has 3 aliphatic heterocycles. The molecule has 2 aromatic rings. The Morgan fingerprint density at radius 1 is 1.08 bits per heavy atom. The number of likely N-dealkylation sites (tertiary alicyclic amines) is 1. The number of para-hydroxylation sites is 1. The number of fused-ring (bicyclic) bond motifs is 9. The van der Waals surface area contributed by atoms with Gasteiger partial charge >= 0.3 is 4.87 Å². The van der Waals surface area contributed by atoms with E-state index >= 15 is 0 Å². The van der Waals surface area contributed by atoms with Crippen molar-refractivity contribution in [3.05, 3.63) is 44.4 Å². The number of H-pyrrole nitrogens is 1. The molecule has 7 rings (SSSR count). The van der Waals surface area contributed by atoms with Crippen LogP contribution in [0.5, 0.6) is 5.75 Å². The van der Waals surface area contributed by atoms with Crippen LogP contribution in [-0.2, 0) is 19.1 Å². The molecule has 11 heteroatoms. The van der Waals surface area contributed by atoms with Crippen molar-refractivity contribution in [2.75, 3.05) is 32.8 Å². The molecule has 0 spiro atoms. The summed E-state index contributed by atoms with van der Waals surface area (Å²) in [6.07, 6.45) is 0.922. The van der Waals surface area contributed by atoms with E-state index in [1.807, 2.05) is 12.1 Å². The predicted molar refractivity (Wildman–Crippen MR) is 135 cm³/mol. The third-order valence-corrected chi connectivity index (χ3v) is 11.6. The molecule has 2 saturated carbocycles. The van der Waals surface area contributed by atoms with E-state index in [1.165, 1.54) is 16.2 Å². The fourth-order valence-electron chi connectivity index (χ4n) is 7.58. The Morgan fingerprint density at radius 3 is 2.57 bits per heavy atom. The van der Waals surface area contributed by atoms with E-state index in [9.17, 15) is 24.3 Å². The van der Waals surface area contributed by atoms with E-state index in [1.54, 1.807) is 28.8 Å². The number of hydrogen-bond donors (Lipinski definition) is 2. The van der Waals surface area contributed by atoms with Gasteiger partial charge in [0.1, 0.15) is 5.75 Å². The highest BCUT2D eigenvalue weighted by Crippen LogP contribution is 2.68. The lowest BCUT2D eigenvalue weighted by Gasteiger charge is -2.43. The predicted octanol–water partition coefficient (Wildman–Crippen LogP) is 1.86. The molecule has 4 heterocycles. The number of carbonyl (C=O) groups is 3. The number of thioether (sulfide) groups is 1. The van der Waals surface area contributed by atoms with Gasteiger partial charge in [-0.15, -0.1) is 11.8 Å².